The van der Waals surface area contributed by atoms with Crippen LogP contribution in [-0.2, 0) is 89.6 Å². The van der Waals surface area contributed by atoms with E-state index in [1.807, 2.05) is 152 Å². The Kier molecular flexibility index (Phi) is 61.4. The van der Waals surface area contributed by atoms with Crippen LogP contribution in [0.4, 0.5) is 79.6 Å². The molecular formula is C107H103BrN16O16. The van der Waals surface area contributed by atoms with E-state index in [9.17, 15) is 76.7 Å². The van der Waals surface area contributed by atoms with Gasteiger partial charge in [-0.3, -0.25) is 157 Å². The molecule has 714 valence electrons. The van der Waals surface area contributed by atoms with Crippen molar-refractivity contribution in [2.75, 3.05) is 13.1 Å². The lowest BCUT2D eigenvalue weighted by atomic mass is 10.0. The van der Waals surface area contributed by atoms with Gasteiger partial charge in [-0.2, -0.15) is 0 Å². The molecule has 0 fully saturated rings. The monoisotopic (exact) mass is 1950 g/mol. The summed E-state index contributed by atoms with van der Waals surface area (Å²) < 4.78 is 0.803. The summed E-state index contributed by atoms with van der Waals surface area (Å²) >= 11 is 3.45. The summed E-state index contributed by atoms with van der Waals surface area (Å²) in [7, 11) is 0. The Morgan fingerprint density at radius 1 is 0.214 bits per heavy atom. The second-order valence-electron chi connectivity index (χ2n) is 28.3. The number of rotatable bonds is 43. The minimum Gasteiger partial charge on any atom is -0.297 e. The summed E-state index contributed by atoms with van der Waals surface area (Å²) in [5.41, 5.74) is 21.3. The van der Waals surface area contributed by atoms with Crippen LogP contribution in [0.1, 0.15) is 99.7 Å². The van der Waals surface area contributed by atoms with Gasteiger partial charge in [0.15, 0.2) is 101 Å². The molecule has 0 atom stereocenters. The highest BCUT2D eigenvalue weighted by Gasteiger charge is 2.12. The molecule has 0 saturated carbocycles. The van der Waals surface area contributed by atoms with Gasteiger partial charge in [0.2, 0.25) is 0 Å². The number of carbonyl (C=O) groups excluding carboxylic acids is 16. The van der Waals surface area contributed by atoms with Gasteiger partial charge in [-0.1, -0.05) is 98.5 Å². The second-order valence-corrected chi connectivity index (χ2v) is 29.1. The lowest BCUT2D eigenvalue weighted by Crippen LogP contribution is -1.91. The van der Waals surface area contributed by atoms with E-state index in [-0.39, 0.29) is 0 Å². The average Bonchev–Trinajstić information content (AvgIpc) is 0.774. The molecule has 10 rings (SSSR count). The molecule has 0 spiro atoms. The Labute approximate surface area is 818 Å². The van der Waals surface area contributed by atoms with Gasteiger partial charge in [0.05, 0.1) is 179 Å². The van der Waals surface area contributed by atoms with Gasteiger partial charge in [0.1, 0.15) is 0 Å². The average molecular weight is 1950 g/mol. The third-order valence-corrected chi connectivity index (χ3v) is 18.9. The highest BCUT2D eigenvalue weighted by Crippen LogP contribution is 2.41. The van der Waals surface area contributed by atoms with Gasteiger partial charge in [-0.05, 0) is 255 Å². The molecule has 10 aromatic rings. The van der Waals surface area contributed by atoms with Crippen LogP contribution in [0.15, 0.2) is 266 Å². The lowest BCUT2D eigenvalue weighted by molar-refractivity contribution is -0.103. The number of aliphatic imine (C=N–C) groups is 16. The van der Waals surface area contributed by atoms with Crippen molar-refractivity contribution in [3.05, 3.63) is 248 Å². The van der Waals surface area contributed by atoms with Crippen molar-refractivity contribution < 1.29 is 76.7 Å². The van der Waals surface area contributed by atoms with Gasteiger partial charge in [-0.15, -0.1) is 0 Å². The minimum atomic E-state index is 0.610. The largest absolute Gasteiger partial charge is 0.297 e. The smallest absolute Gasteiger partial charge is 0.161 e. The maximum absolute atomic E-state index is 10.5. The number of nitrogens with zero attached hydrogens (tertiary/aromatic N) is 16. The van der Waals surface area contributed by atoms with E-state index < -0.39 is 0 Å². The number of halogens is 1. The molecule has 0 heterocycles. The first-order chi connectivity index (χ1) is 68.2. The van der Waals surface area contributed by atoms with Crippen molar-refractivity contribution in [3.8, 4) is 0 Å². The maximum Gasteiger partial charge on any atom is 0.161 e. The fourth-order valence-electron chi connectivity index (χ4n) is 12.1. The zero-order valence-electron chi connectivity index (χ0n) is 77.9. The number of aldehydes is 16. The molecule has 0 bridgehead atoms. The van der Waals surface area contributed by atoms with E-state index in [4.69, 9.17) is 0 Å². The molecule has 0 unspecified atom stereocenters. The molecule has 140 heavy (non-hydrogen) atoms. The van der Waals surface area contributed by atoms with Crippen molar-refractivity contribution in [1.82, 2.24) is 0 Å². The Hall–Kier alpha value is -17.6. The molecule has 0 radical (unpaired) electrons. The van der Waals surface area contributed by atoms with Gasteiger partial charge >= 0.3 is 0 Å². The predicted octanol–water partition coefficient (Wildman–Crippen LogP) is 19.5. The van der Waals surface area contributed by atoms with E-state index in [1.54, 1.807) is 66.7 Å². The van der Waals surface area contributed by atoms with Crippen molar-refractivity contribution >= 4 is 306 Å². The zero-order valence-corrected chi connectivity index (χ0v) is 79.5. The Morgan fingerprint density at radius 2 is 0.479 bits per heavy atom. The highest BCUT2D eigenvalue weighted by atomic mass is 79.9. The van der Waals surface area contributed by atoms with Crippen LogP contribution >= 0.6 is 15.9 Å². The Balaban J connectivity index is 0.000000414. The molecular weight excluding hydrogens is 1850 g/mol. The van der Waals surface area contributed by atoms with Gasteiger partial charge < -0.3 is 0 Å². The van der Waals surface area contributed by atoms with Crippen LogP contribution in [0.5, 0.6) is 0 Å². The molecule has 33 heteroatoms. The minimum absolute atomic E-state index is 0.610. The summed E-state index contributed by atoms with van der Waals surface area (Å²) in [6.45, 7) is 14.9. The van der Waals surface area contributed by atoms with E-state index in [1.165, 1.54) is 123 Å². The molecule has 10 aromatic carbocycles. The fraction of sp³-hybridized carbons (Fsp3) is 0.159. The van der Waals surface area contributed by atoms with Gasteiger partial charge in [0, 0.05) is 33.9 Å². The SMILES string of the molecule is Cc1c(N=CC=O)cccc1N=CC=O.Cc1cc(Br)c(N=CC=O)c2cccc(N=CC=O)c12.Cc1cc(C)c(N=CC=O)cc1N=CC=O.Cc1cc(Cc2ccc(N=CC=O)c(C)c2)ccc1N=CC=O.Cc1cc(N=CC=O)ccc1N=CC=O.O=CC=NCCCCCCCCN=CC=O.O=CC=Nc1ccc(Cc2ccc(N=CC=O)cc2)cc1.O=CC=Nc1ccc(N=CC=O)cc1. The molecule has 0 N–H and O–H groups in total. The van der Waals surface area contributed by atoms with Crippen LogP contribution < -0.4 is 0 Å². The predicted molar refractivity (Wildman–Crippen MR) is 568 cm³/mol. The molecule has 32 nitrogen and oxygen atoms in total. The molecule has 0 aliphatic rings. The van der Waals surface area contributed by atoms with Crippen LogP contribution in [-0.4, -0.2) is 213 Å². The topological polar surface area (TPSA) is 471 Å². The maximum atomic E-state index is 10.5. The molecule has 0 aliphatic carbocycles. The number of hydrogen-bond acceptors (Lipinski definition) is 32. The Morgan fingerprint density at radius 3 is 0.836 bits per heavy atom. The highest BCUT2D eigenvalue weighted by molar-refractivity contribution is 9.10. The van der Waals surface area contributed by atoms with Crippen LogP contribution in [0.25, 0.3) is 10.8 Å². The van der Waals surface area contributed by atoms with Crippen LogP contribution in [0.2, 0.25) is 0 Å². The Bertz CT molecular complexity index is 6030. The second kappa shape index (κ2) is 73.8. The molecule has 0 amide bonds. The van der Waals surface area contributed by atoms with Crippen LogP contribution in [0, 0.1) is 48.5 Å². The van der Waals surface area contributed by atoms with Gasteiger partial charge in [0.25, 0.3) is 0 Å². The first-order valence-electron chi connectivity index (χ1n) is 42.8. The third kappa shape index (κ3) is 48.3. The lowest BCUT2D eigenvalue weighted by Gasteiger charge is -2.10. The first kappa shape index (κ1) is 117. The summed E-state index contributed by atoms with van der Waals surface area (Å²) in [5, 5.41) is 1.78. The molecule has 0 saturated heterocycles. The summed E-state index contributed by atoms with van der Waals surface area (Å²) in [4.78, 5) is 226. The summed E-state index contributed by atoms with van der Waals surface area (Å²) in [6.07, 6.45) is 38.1. The fourth-order valence-corrected chi connectivity index (χ4v) is 12.7. The number of carbonyl (C=O) groups is 16. The van der Waals surface area contributed by atoms with E-state index in [0.29, 0.717) is 157 Å². The van der Waals surface area contributed by atoms with Gasteiger partial charge in [-0.25, -0.2) is 0 Å². The van der Waals surface area contributed by atoms with Crippen molar-refractivity contribution in [1.29, 1.82) is 0 Å². The van der Waals surface area contributed by atoms with Crippen molar-refractivity contribution in [3.63, 3.8) is 0 Å². The third-order valence-electron chi connectivity index (χ3n) is 18.3. The number of unbranched alkanes of at least 4 members (excludes halogenated alkanes) is 5. The zero-order chi connectivity index (χ0) is 102. The van der Waals surface area contributed by atoms with Crippen LogP contribution in [0.3, 0.4) is 0 Å². The number of benzene rings is 10. The van der Waals surface area contributed by atoms with E-state index in [2.05, 4.69) is 108 Å². The number of aryl methyl sites for hydroxylation is 6. The number of hydrogen-bond donors (Lipinski definition) is 0. The van der Waals surface area contributed by atoms with Crippen molar-refractivity contribution in [2.45, 2.75) is 99.8 Å². The van der Waals surface area contributed by atoms with Crippen molar-refractivity contribution in [2.24, 2.45) is 79.9 Å². The number of fused-ring (bicyclic) bond motifs is 1. The first-order valence-corrected chi connectivity index (χ1v) is 43.5. The summed E-state index contributed by atoms with van der Waals surface area (Å²) in [6, 6.07) is 56.0. The molecule has 0 aromatic heterocycles. The normalized spacial score (nSPS) is 11.1. The quantitative estimate of drug-likeness (QED) is 0.0195. The summed E-state index contributed by atoms with van der Waals surface area (Å²) in [5.74, 6) is 0. The van der Waals surface area contributed by atoms with E-state index >= 15 is 0 Å². The van der Waals surface area contributed by atoms with E-state index in [0.717, 1.165) is 140 Å². The molecule has 0 aliphatic heterocycles. The standard InChI is InChI=1S/C19H18N2O2.C17H14N2O2.C15H11BrN2O2.C12H12N2O2.C12H20N2O2.2C11H10N2O2.C10H8N2O2/c1-14-11-16(3-5-18(14)20-7-9-22)13-17-4-6-19(15(2)12-17)21-8-10-23;20-11-9-18-16-5-1-14(2-6-16)13-15-3-7-17(8-4-15)19-10-12-21;1-10-9-12(16)15(18-6-8-20)11-3-2-4-13(14(10)11)17-5-7-19;1-9-7-10(2)12(14-4-6-16)8-11(9)13-3-5-15;15-11-9-13-7-5-3-1-2-4-6-8-14-10-12-16;1-9-8-10(12-4-6-14)2-3-11(9)13-5-7-15;1-9-10(12-5-7-14)3-2-4-11(9)13-6-8-15;13-7-5-11-9-1-2-10(4-3-9)12-6-8-14/h3-12H,13H2,1-2H3;1-12H,13H2;2-9H,1H3;3-8H,1-2H3;9-12H,1-8H2;2*2-8H,1H3;1-8H.